The molecule has 2 fully saturated rings. The molecular weight excluding hydrogens is 623 g/mol. The van der Waals surface area contributed by atoms with Gasteiger partial charge in [0.15, 0.2) is 11.5 Å². The van der Waals surface area contributed by atoms with Crippen molar-refractivity contribution in [3.05, 3.63) is 68.1 Å². The first kappa shape index (κ1) is 30.2. The van der Waals surface area contributed by atoms with Gasteiger partial charge < -0.3 is 19.1 Å². The highest BCUT2D eigenvalue weighted by atomic mass is 32.2. The van der Waals surface area contributed by atoms with Gasteiger partial charge in [-0.1, -0.05) is 41.3 Å². The Morgan fingerprint density at radius 2 is 1.70 bits per heavy atom. The largest absolute Gasteiger partial charge is 0.493 e. The average Bonchev–Trinajstić information content (AvgIpc) is 3.46. The zero-order valence-electron chi connectivity index (χ0n) is 23.5. The summed E-state index contributed by atoms with van der Waals surface area (Å²) in [6.07, 6.45) is -4.82. The quantitative estimate of drug-likeness (QED) is 0.373. The molecule has 4 heterocycles. The third kappa shape index (κ3) is 5.06. The number of nitrogens with zero attached hydrogens (tertiary/aromatic N) is 3. The van der Waals surface area contributed by atoms with E-state index in [1.54, 1.807) is 23.1 Å². The summed E-state index contributed by atoms with van der Waals surface area (Å²) in [5, 5.41) is -0.831. The Morgan fingerprint density at radius 3 is 2.39 bits per heavy atom. The smallest absolute Gasteiger partial charge is 0.418 e. The van der Waals surface area contributed by atoms with Gasteiger partial charge in [0, 0.05) is 23.9 Å². The zero-order chi connectivity index (χ0) is 31.3. The number of anilines is 1. The molecule has 3 unspecified atom stereocenters. The number of carbonyl (C=O) groups is 3. The van der Waals surface area contributed by atoms with Crippen LogP contribution in [-0.4, -0.2) is 73.0 Å². The second kappa shape index (κ2) is 11.6. The Kier molecular flexibility index (Phi) is 7.96. The molecule has 10 nitrogen and oxygen atoms in total. The van der Waals surface area contributed by atoms with E-state index in [0.717, 1.165) is 35.2 Å². The van der Waals surface area contributed by atoms with Crippen molar-refractivity contribution < 1.29 is 41.8 Å². The number of morpholine rings is 1. The van der Waals surface area contributed by atoms with E-state index in [9.17, 15) is 32.3 Å². The summed E-state index contributed by atoms with van der Waals surface area (Å²) in [6.45, 7) is 1.18. The highest BCUT2D eigenvalue weighted by molar-refractivity contribution is 8.00. The fourth-order valence-electron chi connectivity index (χ4n) is 5.85. The molecule has 0 bridgehead atoms. The van der Waals surface area contributed by atoms with Crippen LogP contribution in [0.4, 0.5) is 18.9 Å². The van der Waals surface area contributed by atoms with E-state index in [2.05, 4.69) is 0 Å². The number of rotatable bonds is 6. The fraction of sp³-hybridized carbons (Fsp3) is 0.379. The number of methoxy groups -OCH3 is 2. The first-order valence-electron chi connectivity index (χ1n) is 13.6. The van der Waals surface area contributed by atoms with E-state index in [4.69, 9.17) is 14.2 Å². The van der Waals surface area contributed by atoms with Crippen LogP contribution in [0.5, 0.6) is 11.5 Å². The predicted molar refractivity (Wildman–Crippen MR) is 154 cm³/mol. The highest BCUT2D eigenvalue weighted by Gasteiger charge is 2.58. The van der Waals surface area contributed by atoms with Crippen LogP contribution in [0.2, 0.25) is 0 Å². The lowest BCUT2D eigenvalue weighted by molar-refractivity contribution is -0.137. The minimum Gasteiger partial charge on any atom is -0.493 e. The van der Waals surface area contributed by atoms with Crippen LogP contribution >= 0.6 is 23.1 Å². The number of hydrogen-bond donors (Lipinski definition) is 0. The van der Waals surface area contributed by atoms with E-state index < -0.39 is 51.2 Å². The number of carbonyl (C=O) groups excluding carboxylic acids is 3. The van der Waals surface area contributed by atoms with Crippen LogP contribution in [0.25, 0.3) is 0 Å². The molecule has 3 aromatic rings. The minimum absolute atomic E-state index is 0.295. The molecule has 0 spiro atoms. The van der Waals surface area contributed by atoms with Crippen molar-refractivity contribution in [2.45, 2.75) is 28.9 Å². The van der Waals surface area contributed by atoms with Crippen LogP contribution in [0, 0.1) is 5.92 Å². The zero-order valence-corrected chi connectivity index (χ0v) is 25.1. The first-order chi connectivity index (χ1) is 21.0. The average molecular weight is 650 g/mol. The second-order valence-corrected chi connectivity index (χ2v) is 12.4. The van der Waals surface area contributed by atoms with Gasteiger partial charge in [0.25, 0.3) is 0 Å². The van der Waals surface area contributed by atoms with Gasteiger partial charge in [-0.05, 0) is 29.8 Å². The van der Waals surface area contributed by atoms with Crippen LogP contribution in [-0.2, 0) is 31.8 Å². The van der Waals surface area contributed by atoms with Gasteiger partial charge >= 0.3 is 11.0 Å². The number of para-hydroxylation sites is 1. The molecule has 0 radical (unpaired) electrons. The molecule has 3 aliphatic rings. The number of thioether (sulfide) groups is 1. The SMILES string of the molecule is COc1ccc(C2c3sc(=O)n(CC(=O)N4CCOCC4)c3SC3C(=O)N(c4ccccc4C(F)(F)F)C(=O)C32)cc1OC. The molecule has 232 valence electrons. The lowest BCUT2D eigenvalue weighted by Crippen LogP contribution is -2.43. The molecule has 0 aliphatic carbocycles. The van der Waals surface area contributed by atoms with Gasteiger partial charge in [-0.3, -0.25) is 23.7 Å². The topological polar surface area (TPSA) is 107 Å². The van der Waals surface area contributed by atoms with Crippen molar-refractivity contribution >= 4 is 46.5 Å². The summed E-state index contributed by atoms with van der Waals surface area (Å²) in [5.41, 5.74) is -1.17. The standard InChI is InChI=1S/C29H26F3N3O7S2/c1-40-18-8-7-15(13-19(18)41-2)21-22-23(26(38)35(25(22)37)17-6-4-3-5-16(17)29(30,31)32)43-27-24(21)44-28(39)34(27)14-20(36)33-9-11-42-12-10-33/h3-8,13,21-23H,9-12,14H2,1-2H3. The van der Waals surface area contributed by atoms with Gasteiger partial charge in [-0.15, -0.1) is 0 Å². The van der Waals surface area contributed by atoms with E-state index in [0.29, 0.717) is 58.2 Å². The highest BCUT2D eigenvalue weighted by Crippen LogP contribution is 2.55. The van der Waals surface area contributed by atoms with E-state index in [-0.39, 0.29) is 12.5 Å². The minimum atomic E-state index is -4.82. The van der Waals surface area contributed by atoms with Gasteiger partial charge in [-0.25, -0.2) is 4.90 Å². The van der Waals surface area contributed by atoms with Gasteiger partial charge in [0.2, 0.25) is 17.7 Å². The number of halogens is 3. The van der Waals surface area contributed by atoms with Gasteiger partial charge in [0.05, 0.1) is 49.6 Å². The Morgan fingerprint density at radius 1 is 1.00 bits per heavy atom. The number of aromatic nitrogens is 1. The Bertz CT molecular complexity index is 1700. The molecule has 6 rings (SSSR count). The first-order valence-corrected chi connectivity index (χ1v) is 15.3. The maximum absolute atomic E-state index is 14.1. The number of hydrogen-bond acceptors (Lipinski definition) is 9. The molecule has 2 saturated heterocycles. The van der Waals surface area contributed by atoms with Crippen LogP contribution in [0.1, 0.15) is 21.9 Å². The second-order valence-electron chi connectivity index (χ2n) is 10.3. The molecule has 3 atom stereocenters. The molecule has 3 amide bonds. The molecule has 2 aromatic carbocycles. The summed E-state index contributed by atoms with van der Waals surface area (Å²) in [5.74, 6) is -3.26. The molecule has 3 aliphatic heterocycles. The Balaban J connectivity index is 1.48. The normalized spacial score (nSPS) is 21.7. The Hall–Kier alpha value is -3.82. The van der Waals surface area contributed by atoms with Crippen LogP contribution in [0.15, 0.2) is 52.3 Å². The maximum Gasteiger partial charge on any atom is 0.418 e. The lowest BCUT2D eigenvalue weighted by atomic mass is 9.83. The molecule has 0 saturated carbocycles. The van der Waals surface area contributed by atoms with Gasteiger partial charge in [-0.2, -0.15) is 13.2 Å². The van der Waals surface area contributed by atoms with Gasteiger partial charge in [0.1, 0.15) is 11.8 Å². The summed E-state index contributed by atoms with van der Waals surface area (Å²) in [6, 6.07) is 9.34. The fourth-order valence-corrected chi connectivity index (χ4v) is 8.63. The van der Waals surface area contributed by atoms with Crippen molar-refractivity contribution in [3.8, 4) is 11.5 Å². The van der Waals surface area contributed by atoms with Crippen molar-refractivity contribution in [3.63, 3.8) is 0 Å². The monoisotopic (exact) mass is 649 g/mol. The summed E-state index contributed by atoms with van der Waals surface area (Å²) in [4.78, 5) is 56.7. The third-order valence-corrected chi connectivity index (χ3v) is 10.5. The van der Waals surface area contributed by atoms with Crippen molar-refractivity contribution in [1.82, 2.24) is 9.47 Å². The number of alkyl halides is 3. The lowest BCUT2D eigenvalue weighted by Gasteiger charge is -2.31. The molecular formula is C29H26F3N3O7S2. The molecule has 0 N–H and O–H groups in total. The van der Waals surface area contributed by atoms with E-state index >= 15 is 0 Å². The van der Waals surface area contributed by atoms with E-state index in [1.165, 1.54) is 30.9 Å². The van der Waals surface area contributed by atoms with Crippen LogP contribution in [0.3, 0.4) is 0 Å². The predicted octanol–water partition coefficient (Wildman–Crippen LogP) is 3.60. The maximum atomic E-state index is 14.1. The van der Waals surface area contributed by atoms with Crippen LogP contribution < -0.4 is 19.2 Å². The third-order valence-electron chi connectivity index (χ3n) is 7.92. The van der Waals surface area contributed by atoms with Crippen molar-refractivity contribution in [1.29, 1.82) is 0 Å². The summed E-state index contributed by atoms with van der Waals surface area (Å²) in [7, 11) is 2.88. The molecule has 15 heteroatoms. The Labute approximate surface area is 257 Å². The number of fused-ring (bicyclic) bond motifs is 2. The molecule has 44 heavy (non-hydrogen) atoms. The summed E-state index contributed by atoms with van der Waals surface area (Å²) >= 11 is 1.78. The molecule has 1 aromatic heterocycles. The van der Waals surface area contributed by atoms with Crippen molar-refractivity contribution in [2.24, 2.45) is 5.92 Å². The number of imide groups is 1. The number of ether oxygens (including phenoxy) is 3. The summed E-state index contributed by atoms with van der Waals surface area (Å²) < 4.78 is 59.4. The van der Waals surface area contributed by atoms with Crippen molar-refractivity contribution in [2.75, 3.05) is 45.4 Å². The number of thiazole rings is 1. The number of benzene rings is 2. The van der Waals surface area contributed by atoms with E-state index in [1.807, 2.05) is 0 Å². The number of amides is 3.